The molecule has 3 unspecified atom stereocenters. The molecule has 0 aromatic heterocycles. The minimum Gasteiger partial charge on any atom is -0.462 e. The van der Waals surface area contributed by atoms with E-state index in [0.29, 0.717) is 24.0 Å². The second kappa shape index (κ2) is 6.68. The Morgan fingerprint density at radius 1 is 1.24 bits per heavy atom. The zero-order valence-corrected chi connectivity index (χ0v) is 15.6. The van der Waals surface area contributed by atoms with Crippen molar-refractivity contribution in [2.75, 3.05) is 11.9 Å². The fourth-order valence-electron chi connectivity index (χ4n) is 3.97. The monoisotopic (exact) mass is 397 g/mol. The lowest BCUT2D eigenvalue weighted by Gasteiger charge is -2.38. The van der Waals surface area contributed by atoms with Crippen LogP contribution in [0, 0.1) is 5.92 Å². The van der Waals surface area contributed by atoms with Gasteiger partial charge in [0.25, 0.3) is 0 Å². The largest absolute Gasteiger partial charge is 0.462 e. The van der Waals surface area contributed by atoms with Gasteiger partial charge in [-0.05, 0) is 54.7 Å². The van der Waals surface area contributed by atoms with Gasteiger partial charge in [0.15, 0.2) is 0 Å². The van der Waals surface area contributed by atoms with Gasteiger partial charge in [-0.3, -0.25) is 0 Å². The molecule has 2 aromatic carbocycles. The molecule has 128 valence electrons. The summed E-state index contributed by atoms with van der Waals surface area (Å²) in [5.41, 5.74) is 4.19. The smallest absolute Gasteiger partial charge is 0.338 e. The molecule has 0 spiro atoms. The molecule has 0 bridgehead atoms. The quantitative estimate of drug-likeness (QED) is 0.552. The molecular formula is C21H20BrNO2. The van der Waals surface area contributed by atoms with E-state index in [4.69, 9.17) is 4.74 Å². The van der Waals surface area contributed by atoms with Crippen LogP contribution in [-0.2, 0) is 4.74 Å². The maximum Gasteiger partial charge on any atom is 0.338 e. The van der Waals surface area contributed by atoms with E-state index < -0.39 is 0 Å². The normalized spacial score (nSPS) is 23.5. The zero-order chi connectivity index (χ0) is 17.4. The predicted octanol–water partition coefficient (Wildman–Crippen LogP) is 5.45. The number of hydrogen-bond donors (Lipinski definition) is 1. The molecule has 3 nitrogen and oxygen atoms in total. The van der Waals surface area contributed by atoms with E-state index in [1.807, 2.05) is 31.2 Å². The Bertz CT molecular complexity index is 846. The number of hydrogen-bond acceptors (Lipinski definition) is 3. The average molecular weight is 398 g/mol. The Balaban J connectivity index is 1.74. The van der Waals surface area contributed by atoms with Crippen molar-refractivity contribution < 1.29 is 9.53 Å². The van der Waals surface area contributed by atoms with Crippen LogP contribution < -0.4 is 5.32 Å². The fourth-order valence-corrected chi connectivity index (χ4v) is 4.50. The number of carbonyl (C=O) groups excluding carboxylic acids is 1. The van der Waals surface area contributed by atoms with Gasteiger partial charge in [0, 0.05) is 16.1 Å². The van der Waals surface area contributed by atoms with Crippen LogP contribution in [0.2, 0.25) is 0 Å². The molecular weight excluding hydrogens is 378 g/mol. The fraction of sp³-hybridized carbons (Fsp3) is 0.286. The van der Waals surface area contributed by atoms with Crippen LogP contribution in [0.25, 0.3) is 0 Å². The van der Waals surface area contributed by atoms with E-state index in [0.717, 1.165) is 16.6 Å². The first kappa shape index (κ1) is 16.4. The lowest BCUT2D eigenvalue weighted by Crippen LogP contribution is -2.29. The summed E-state index contributed by atoms with van der Waals surface area (Å²) in [5.74, 6) is 0.517. The maximum absolute atomic E-state index is 12.1. The number of esters is 1. The summed E-state index contributed by atoms with van der Waals surface area (Å²) in [5, 5.41) is 3.70. The van der Waals surface area contributed by atoms with Crippen molar-refractivity contribution in [3.8, 4) is 0 Å². The van der Waals surface area contributed by atoms with Crippen LogP contribution in [0.15, 0.2) is 59.1 Å². The maximum atomic E-state index is 12.1. The Morgan fingerprint density at radius 2 is 2.08 bits per heavy atom. The van der Waals surface area contributed by atoms with E-state index in [9.17, 15) is 4.79 Å². The highest BCUT2D eigenvalue weighted by Crippen LogP contribution is 2.50. The van der Waals surface area contributed by atoms with Gasteiger partial charge in [0.1, 0.15) is 0 Å². The van der Waals surface area contributed by atoms with Crippen LogP contribution in [-0.4, -0.2) is 12.6 Å². The molecule has 1 aliphatic carbocycles. The van der Waals surface area contributed by atoms with E-state index in [-0.39, 0.29) is 12.0 Å². The van der Waals surface area contributed by atoms with E-state index in [1.165, 1.54) is 11.1 Å². The minimum atomic E-state index is -0.253. The molecule has 0 radical (unpaired) electrons. The standard InChI is InChI=1S/C21H20BrNO2/c1-2-25-21(24)13-10-11-19-17(12-13)14-7-5-8-15(14)20(23-19)16-6-3-4-9-18(16)22/h3-7,9-12,14-15,20,23H,2,8H2,1H3. The van der Waals surface area contributed by atoms with Gasteiger partial charge >= 0.3 is 5.97 Å². The Morgan fingerprint density at radius 3 is 2.88 bits per heavy atom. The second-order valence-electron chi connectivity index (χ2n) is 6.52. The van der Waals surface area contributed by atoms with Gasteiger partial charge in [-0.2, -0.15) is 0 Å². The van der Waals surface area contributed by atoms with Crippen molar-refractivity contribution in [2.45, 2.75) is 25.3 Å². The Labute approximate surface area is 156 Å². The van der Waals surface area contributed by atoms with Gasteiger partial charge < -0.3 is 10.1 Å². The SMILES string of the molecule is CCOC(=O)c1ccc2c(c1)C1C=CCC1C(c1ccccc1Br)N2. The summed E-state index contributed by atoms with van der Waals surface area (Å²) in [7, 11) is 0. The predicted molar refractivity (Wildman–Crippen MR) is 103 cm³/mol. The van der Waals surface area contributed by atoms with Crippen molar-refractivity contribution in [2.24, 2.45) is 5.92 Å². The highest BCUT2D eigenvalue weighted by molar-refractivity contribution is 9.10. The Hall–Kier alpha value is -2.07. The molecule has 0 fully saturated rings. The molecule has 0 saturated heterocycles. The van der Waals surface area contributed by atoms with Crippen LogP contribution in [0.3, 0.4) is 0 Å². The first-order valence-electron chi connectivity index (χ1n) is 8.67. The van der Waals surface area contributed by atoms with Crippen LogP contribution in [0.5, 0.6) is 0 Å². The summed E-state index contributed by atoms with van der Waals surface area (Å²) >= 11 is 3.70. The molecule has 1 N–H and O–H groups in total. The first-order valence-corrected chi connectivity index (χ1v) is 9.47. The van der Waals surface area contributed by atoms with Crippen LogP contribution in [0.1, 0.15) is 46.8 Å². The number of ether oxygens (including phenoxy) is 1. The minimum absolute atomic E-state index is 0.247. The second-order valence-corrected chi connectivity index (χ2v) is 7.37. The molecule has 2 aliphatic rings. The lowest BCUT2D eigenvalue weighted by atomic mass is 9.76. The molecule has 3 atom stereocenters. The van der Waals surface area contributed by atoms with Crippen molar-refractivity contribution in [3.05, 3.63) is 75.8 Å². The molecule has 1 aliphatic heterocycles. The van der Waals surface area contributed by atoms with Gasteiger partial charge in [-0.15, -0.1) is 0 Å². The summed E-state index contributed by atoms with van der Waals surface area (Å²) in [6.45, 7) is 2.22. The third-order valence-electron chi connectivity index (χ3n) is 5.11. The van der Waals surface area contributed by atoms with Gasteiger partial charge in [0.2, 0.25) is 0 Å². The first-order chi connectivity index (χ1) is 12.2. The molecule has 25 heavy (non-hydrogen) atoms. The van der Waals surface area contributed by atoms with Gasteiger partial charge in [-0.25, -0.2) is 4.79 Å². The number of benzene rings is 2. The number of allylic oxidation sites excluding steroid dienone is 2. The summed E-state index contributed by atoms with van der Waals surface area (Å²) < 4.78 is 6.28. The number of fused-ring (bicyclic) bond motifs is 3. The number of nitrogens with one attached hydrogen (secondary N) is 1. The third-order valence-corrected chi connectivity index (χ3v) is 5.84. The van der Waals surface area contributed by atoms with Gasteiger partial charge in [0.05, 0.1) is 18.2 Å². The number of carbonyl (C=O) groups is 1. The number of anilines is 1. The summed E-state index contributed by atoms with van der Waals surface area (Å²) in [6.07, 6.45) is 5.57. The van der Waals surface area contributed by atoms with Crippen molar-refractivity contribution in [1.82, 2.24) is 0 Å². The molecule has 4 heteroatoms. The molecule has 0 amide bonds. The van der Waals surface area contributed by atoms with E-state index in [2.05, 4.69) is 51.6 Å². The summed E-state index contributed by atoms with van der Waals surface area (Å²) in [6, 6.07) is 14.5. The van der Waals surface area contributed by atoms with Crippen molar-refractivity contribution >= 4 is 27.6 Å². The van der Waals surface area contributed by atoms with Crippen LogP contribution >= 0.6 is 15.9 Å². The van der Waals surface area contributed by atoms with E-state index >= 15 is 0 Å². The number of rotatable bonds is 3. The summed E-state index contributed by atoms with van der Waals surface area (Å²) in [4.78, 5) is 12.1. The van der Waals surface area contributed by atoms with Crippen LogP contribution in [0.4, 0.5) is 5.69 Å². The van der Waals surface area contributed by atoms with E-state index in [1.54, 1.807) is 0 Å². The highest BCUT2D eigenvalue weighted by atomic mass is 79.9. The van der Waals surface area contributed by atoms with Gasteiger partial charge in [-0.1, -0.05) is 46.3 Å². The molecule has 0 saturated carbocycles. The number of halogens is 1. The molecule has 2 aromatic rings. The van der Waals surface area contributed by atoms with Crippen molar-refractivity contribution in [1.29, 1.82) is 0 Å². The molecule has 4 rings (SSSR count). The average Bonchev–Trinajstić information content (AvgIpc) is 3.11. The Kier molecular flexibility index (Phi) is 4.38. The van der Waals surface area contributed by atoms with Crippen molar-refractivity contribution in [3.63, 3.8) is 0 Å². The highest BCUT2D eigenvalue weighted by Gasteiger charge is 2.38. The lowest BCUT2D eigenvalue weighted by molar-refractivity contribution is 0.0526. The third kappa shape index (κ3) is 2.89. The molecule has 1 heterocycles. The zero-order valence-electron chi connectivity index (χ0n) is 14.0. The topological polar surface area (TPSA) is 38.3 Å².